The Bertz CT molecular complexity index is 3310. The number of rotatable bonds is 16. The summed E-state index contributed by atoms with van der Waals surface area (Å²) in [4.78, 5) is 8.62. The van der Waals surface area contributed by atoms with Gasteiger partial charge in [-0.2, -0.15) is 0 Å². The molecule has 2 heterocycles. The smallest absolute Gasteiger partial charge is 0.127 e. The zero-order valence-electron chi connectivity index (χ0n) is 54.9. The number of hydrogen-bond acceptors (Lipinski definition) is 3. The van der Waals surface area contributed by atoms with Crippen molar-refractivity contribution in [3.05, 3.63) is 299 Å². The van der Waals surface area contributed by atoms with Crippen LogP contribution in [0.1, 0.15) is 158 Å². The Morgan fingerprint density at radius 1 is 0.333 bits per heavy atom. The van der Waals surface area contributed by atoms with Crippen LogP contribution in [0.25, 0.3) is 22.0 Å². The Morgan fingerprint density at radius 3 is 1.32 bits per heavy atom. The molecule has 1 aliphatic rings. The van der Waals surface area contributed by atoms with Crippen molar-refractivity contribution in [3.63, 3.8) is 0 Å². The molecule has 8 aromatic carbocycles. The number of hydrogen-bond donors (Lipinski definition) is 0. The Morgan fingerprint density at radius 2 is 0.770 bits per heavy atom. The largest absolute Gasteiger partial charge is 0.457 e. The highest BCUT2D eigenvalue weighted by Gasteiger charge is 2.10. The summed E-state index contributed by atoms with van der Waals surface area (Å²) in [6.45, 7) is 26.9. The average Bonchev–Trinajstić information content (AvgIpc) is 3.63. The molecule has 0 bridgehead atoms. The van der Waals surface area contributed by atoms with Crippen molar-refractivity contribution in [2.75, 3.05) is 0 Å². The molecule has 454 valence electrons. The fourth-order valence-electron chi connectivity index (χ4n) is 10.7. The highest BCUT2D eigenvalue weighted by atomic mass is 16.5. The predicted octanol–water partition coefficient (Wildman–Crippen LogP) is 23.1. The number of aromatic nitrogens is 2. The van der Waals surface area contributed by atoms with Crippen molar-refractivity contribution in [3.8, 4) is 22.6 Å². The summed E-state index contributed by atoms with van der Waals surface area (Å²) in [7, 11) is 0. The maximum atomic E-state index is 5.74. The molecule has 0 radical (unpaired) electrons. The van der Waals surface area contributed by atoms with Crippen LogP contribution in [0.2, 0.25) is 0 Å². The van der Waals surface area contributed by atoms with Gasteiger partial charge in [0.25, 0.3) is 0 Å². The van der Waals surface area contributed by atoms with Crippen molar-refractivity contribution < 1.29 is 4.74 Å². The molecule has 0 amide bonds. The Hall–Kier alpha value is -7.88. The van der Waals surface area contributed by atoms with Gasteiger partial charge in [0, 0.05) is 23.5 Å². The van der Waals surface area contributed by atoms with Gasteiger partial charge in [-0.05, 0) is 203 Å². The number of ether oxygens (including phenoxy) is 1. The van der Waals surface area contributed by atoms with E-state index in [9.17, 15) is 0 Å². The first kappa shape index (κ1) is 68.2. The van der Waals surface area contributed by atoms with Crippen LogP contribution in [0, 0.1) is 29.6 Å². The lowest BCUT2D eigenvalue weighted by molar-refractivity contribution is 0.482. The van der Waals surface area contributed by atoms with E-state index < -0.39 is 0 Å². The standard InChI is InChI=1S/C17H20.C16H18O.C16H18.C14H20.C12H13N.C9H13N/c1-14(2)12-16-8-10-17(11-9-16)13-15-6-4-3-5-7-15;1-13(2)12-14-8-10-16(11-9-14)17-15-6-4-3-5-7-15;1-13(2)12-14-8-10-16(11-9-14)15-6-4-3-5-7-15;1-11(2)9-12-7-8-13-5-3-4-6-14(13)10-12;1-9(2)11-7-3-5-10-6-4-8-13-12(10)11;1-8(2)7-9-5-3-4-6-10-9/h3-11,14H,12-13H2,1-2H3;3-11,13H,12H2,1-2H3;3-11,13H,12H2,1-2H3;7-8,10-11H,3-6,9H2,1-2H3;3-9H,1-2H3;3-6,8H,7H2,1-2H3. The molecular weight excluding hydrogens is 1050 g/mol. The molecule has 0 saturated heterocycles. The minimum absolute atomic E-state index is 0.540. The molecule has 0 atom stereocenters. The molecule has 0 N–H and O–H groups in total. The number of para-hydroxylation sites is 2. The van der Waals surface area contributed by atoms with Crippen LogP contribution in [-0.2, 0) is 51.4 Å². The SMILES string of the molecule is CC(C)Cc1ccc(-c2ccccc2)cc1.CC(C)Cc1ccc(Cc2ccccc2)cc1.CC(C)Cc1ccc(Oc2ccccc2)cc1.CC(C)Cc1ccc2c(c1)CCCC2.CC(C)Cc1ccccn1.CC(C)c1cccc2cccnc12. The lowest BCUT2D eigenvalue weighted by Crippen LogP contribution is -2.04. The quantitative estimate of drug-likeness (QED) is 0.0967. The van der Waals surface area contributed by atoms with E-state index in [-0.39, 0.29) is 0 Å². The van der Waals surface area contributed by atoms with Gasteiger partial charge in [-0.3, -0.25) is 9.97 Å². The van der Waals surface area contributed by atoms with Crippen molar-refractivity contribution in [1.29, 1.82) is 0 Å². The maximum Gasteiger partial charge on any atom is 0.127 e. The van der Waals surface area contributed by atoms with Crippen molar-refractivity contribution in [2.24, 2.45) is 29.6 Å². The third-order valence-electron chi connectivity index (χ3n) is 14.9. The fraction of sp³-hybridized carbons (Fsp3) is 0.333. The second-order valence-electron chi connectivity index (χ2n) is 25.8. The number of pyridine rings is 2. The zero-order valence-corrected chi connectivity index (χ0v) is 54.9. The van der Waals surface area contributed by atoms with Crippen molar-refractivity contribution in [2.45, 2.75) is 153 Å². The number of nitrogens with zero attached hydrogens (tertiary/aromatic N) is 2. The first-order valence-electron chi connectivity index (χ1n) is 32.5. The van der Waals surface area contributed by atoms with E-state index in [4.69, 9.17) is 4.74 Å². The maximum absolute atomic E-state index is 5.74. The normalized spacial score (nSPS) is 11.5. The topological polar surface area (TPSA) is 35.0 Å². The van der Waals surface area contributed by atoms with Crippen LogP contribution in [-0.4, -0.2) is 9.97 Å². The number of fused-ring (bicyclic) bond motifs is 2. The Kier molecular flexibility index (Phi) is 29.5. The van der Waals surface area contributed by atoms with Crippen LogP contribution < -0.4 is 4.74 Å². The summed E-state index contributed by atoms with van der Waals surface area (Å²) >= 11 is 0. The van der Waals surface area contributed by atoms with Gasteiger partial charge < -0.3 is 4.74 Å². The molecule has 0 aliphatic heterocycles. The highest BCUT2D eigenvalue weighted by molar-refractivity contribution is 5.82. The molecule has 3 heteroatoms. The number of benzene rings is 8. The second-order valence-corrected chi connectivity index (χ2v) is 25.8. The van der Waals surface area contributed by atoms with Gasteiger partial charge in [0.05, 0.1) is 5.52 Å². The predicted molar refractivity (Wildman–Crippen MR) is 376 cm³/mol. The van der Waals surface area contributed by atoms with E-state index >= 15 is 0 Å². The van der Waals surface area contributed by atoms with E-state index in [0.29, 0.717) is 17.8 Å². The Balaban J connectivity index is 0.000000168. The van der Waals surface area contributed by atoms with Crippen LogP contribution in [0.4, 0.5) is 0 Å². The van der Waals surface area contributed by atoms with Crippen LogP contribution in [0.3, 0.4) is 0 Å². The van der Waals surface area contributed by atoms with E-state index in [2.05, 4.69) is 263 Å². The first-order chi connectivity index (χ1) is 42.1. The first-order valence-corrected chi connectivity index (χ1v) is 32.5. The van der Waals surface area contributed by atoms with E-state index in [1.54, 1.807) is 11.1 Å². The van der Waals surface area contributed by atoms with E-state index in [1.165, 1.54) is 99.7 Å². The van der Waals surface area contributed by atoms with Gasteiger partial charge in [-0.15, -0.1) is 0 Å². The van der Waals surface area contributed by atoms with Crippen LogP contribution >= 0.6 is 0 Å². The average molecular weight is 1160 g/mol. The summed E-state index contributed by atoms with van der Waals surface area (Å²) in [5.41, 5.74) is 18.0. The molecule has 2 aromatic heterocycles. The molecule has 87 heavy (non-hydrogen) atoms. The summed E-state index contributed by atoms with van der Waals surface area (Å²) in [6.07, 6.45) is 15.9. The zero-order chi connectivity index (χ0) is 62.2. The fourth-order valence-corrected chi connectivity index (χ4v) is 10.7. The monoisotopic (exact) mass is 1150 g/mol. The van der Waals surface area contributed by atoms with Crippen molar-refractivity contribution >= 4 is 10.9 Å². The van der Waals surface area contributed by atoms with Gasteiger partial charge in [0.1, 0.15) is 11.5 Å². The van der Waals surface area contributed by atoms with E-state index in [0.717, 1.165) is 60.5 Å². The molecule has 0 spiro atoms. The summed E-state index contributed by atoms with van der Waals surface area (Å²) in [5.74, 6) is 5.94. The van der Waals surface area contributed by atoms with Gasteiger partial charge >= 0.3 is 0 Å². The molecule has 0 fully saturated rings. The molecule has 0 saturated carbocycles. The highest BCUT2D eigenvalue weighted by Crippen LogP contribution is 2.26. The molecular formula is C84H102N2O. The van der Waals surface area contributed by atoms with Crippen LogP contribution in [0.5, 0.6) is 11.5 Å². The molecule has 0 unspecified atom stereocenters. The van der Waals surface area contributed by atoms with Gasteiger partial charge in [0.2, 0.25) is 0 Å². The molecule has 10 aromatic rings. The summed E-state index contributed by atoms with van der Waals surface area (Å²) in [5, 5.41) is 1.23. The second kappa shape index (κ2) is 37.6. The van der Waals surface area contributed by atoms with Gasteiger partial charge in [0.15, 0.2) is 0 Å². The van der Waals surface area contributed by atoms with Gasteiger partial charge in [-0.25, -0.2) is 0 Å². The minimum atomic E-state index is 0.540. The summed E-state index contributed by atoms with van der Waals surface area (Å²) < 4.78 is 5.74. The molecule has 3 nitrogen and oxygen atoms in total. The Labute approximate surface area is 526 Å². The lowest BCUT2D eigenvalue weighted by atomic mass is 9.89. The minimum Gasteiger partial charge on any atom is -0.457 e. The van der Waals surface area contributed by atoms with Gasteiger partial charge in [-0.1, -0.05) is 271 Å². The summed E-state index contributed by atoms with van der Waals surface area (Å²) in [6, 6.07) is 80.9. The van der Waals surface area contributed by atoms with Crippen LogP contribution in [0.15, 0.2) is 243 Å². The molecule has 1 aliphatic carbocycles. The van der Waals surface area contributed by atoms with E-state index in [1.807, 2.05) is 73.1 Å². The number of aryl methyl sites for hydroxylation is 2. The third kappa shape index (κ3) is 26.3. The molecule has 11 rings (SSSR count). The van der Waals surface area contributed by atoms with Crippen molar-refractivity contribution in [1.82, 2.24) is 9.97 Å². The lowest BCUT2D eigenvalue weighted by Gasteiger charge is -2.17. The third-order valence-corrected chi connectivity index (χ3v) is 14.9.